The molecule has 2 aromatic rings. The van der Waals surface area contributed by atoms with Crippen molar-refractivity contribution in [2.75, 3.05) is 11.9 Å². The predicted octanol–water partition coefficient (Wildman–Crippen LogP) is 1.33. The number of hydrogen-bond acceptors (Lipinski definition) is 6. The number of nitrogens with zero attached hydrogens (tertiary/aromatic N) is 2. The number of carboxylic acid groups (broad SMARTS) is 1. The van der Waals surface area contributed by atoms with Crippen molar-refractivity contribution in [3.8, 4) is 0 Å². The molecule has 0 aliphatic carbocycles. The first kappa shape index (κ1) is 15.3. The van der Waals surface area contributed by atoms with Gasteiger partial charge in [0.25, 0.3) is 0 Å². The Balaban J connectivity index is 1.99. The highest BCUT2D eigenvalue weighted by Gasteiger charge is 2.21. The van der Waals surface area contributed by atoms with Gasteiger partial charge in [-0.2, -0.15) is 8.75 Å². The van der Waals surface area contributed by atoms with Crippen molar-refractivity contribution < 1.29 is 14.7 Å². The van der Waals surface area contributed by atoms with E-state index in [9.17, 15) is 9.59 Å². The van der Waals surface area contributed by atoms with Crippen molar-refractivity contribution in [3.63, 3.8) is 0 Å². The zero-order valence-electron chi connectivity index (χ0n) is 11.7. The van der Waals surface area contributed by atoms with Crippen LogP contribution in [-0.4, -0.2) is 38.3 Å². The van der Waals surface area contributed by atoms with Gasteiger partial charge in [-0.1, -0.05) is 19.9 Å². The van der Waals surface area contributed by atoms with Crippen LogP contribution in [0, 0.1) is 5.92 Å². The maximum Gasteiger partial charge on any atom is 0.320 e. The van der Waals surface area contributed by atoms with Crippen molar-refractivity contribution in [3.05, 3.63) is 18.2 Å². The lowest BCUT2D eigenvalue weighted by molar-refractivity contribution is -0.140. The molecule has 1 unspecified atom stereocenters. The fraction of sp³-hybridized carbons (Fsp3) is 0.385. The Morgan fingerprint density at radius 1 is 1.33 bits per heavy atom. The summed E-state index contributed by atoms with van der Waals surface area (Å²) in [5.74, 6) is -1.40. The topological polar surface area (TPSA) is 104 Å². The lowest BCUT2D eigenvalue weighted by Crippen LogP contribution is -2.44. The molecule has 112 valence electrons. The van der Waals surface area contributed by atoms with Crippen LogP contribution in [0.3, 0.4) is 0 Å². The van der Waals surface area contributed by atoms with Gasteiger partial charge in [0.15, 0.2) is 0 Å². The molecule has 0 fully saturated rings. The van der Waals surface area contributed by atoms with Gasteiger partial charge < -0.3 is 10.4 Å². The molecule has 8 heteroatoms. The molecule has 1 amide bonds. The smallest absolute Gasteiger partial charge is 0.320 e. The summed E-state index contributed by atoms with van der Waals surface area (Å²) in [6.07, 6.45) is 0. The number of amides is 1. The summed E-state index contributed by atoms with van der Waals surface area (Å²) in [7, 11) is 0. The average Bonchev–Trinajstić information content (AvgIpc) is 2.87. The summed E-state index contributed by atoms with van der Waals surface area (Å²) in [6, 6.07) is 4.57. The molecular weight excluding hydrogens is 292 g/mol. The molecule has 1 atom stereocenters. The molecule has 0 saturated carbocycles. The van der Waals surface area contributed by atoms with Crippen LogP contribution < -0.4 is 10.6 Å². The molecule has 0 radical (unpaired) electrons. The van der Waals surface area contributed by atoms with Crippen molar-refractivity contribution in [2.24, 2.45) is 5.92 Å². The summed E-state index contributed by atoms with van der Waals surface area (Å²) in [6.45, 7) is 3.49. The second-order valence-electron chi connectivity index (χ2n) is 4.93. The first-order chi connectivity index (χ1) is 9.99. The molecule has 0 saturated heterocycles. The van der Waals surface area contributed by atoms with Crippen molar-refractivity contribution in [2.45, 2.75) is 19.9 Å². The molecule has 7 nitrogen and oxygen atoms in total. The third-order valence-electron chi connectivity index (χ3n) is 2.98. The van der Waals surface area contributed by atoms with Gasteiger partial charge in [-0.25, -0.2) is 0 Å². The molecule has 0 aliphatic heterocycles. The number of carboxylic acids is 1. The van der Waals surface area contributed by atoms with Crippen LogP contribution in [-0.2, 0) is 9.59 Å². The lowest BCUT2D eigenvalue weighted by atomic mass is 10.1. The molecular formula is C13H16N4O3S. The number of aromatic nitrogens is 2. The van der Waals surface area contributed by atoms with E-state index in [0.29, 0.717) is 11.2 Å². The first-order valence-electron chi connectivity index (χ1n) is 6.46. The van der Waals surface area contributed by atoms with Crippen LogP contribution in [0.1, 0.15) is 13.8 Å². The standard InChI is InChI=1S/C13H16N4O3S/c1-7(2)11(13(19)20)14-6-10(18)15-8-4-3-5-9-12(8)17-21-16-9/h3-5,7,11,14H,6H2,1-2H3,(H,15,18)(H,19,20). The minimum atomic E-state index is -0.969. The van der Waals surface area contributed by atoms with E-state index in [1.807, 2.05) is 6.07 Å². The molecule has 3 N–H and O–H groups in total. The predicted molar refractivity (Wildman–Crippen MR) is 80.3 cm³/mol. The van der Waals surface area contributed by atoms with E-state index in [2.05, 4.69) is 19.4 Å². The maximum atomic E-state index is 11.9. The van der Waals surface area contributed by atoms with E-state index < -0.39 is 12.0 Å². The second-order valence-corrected chi connectivity index (χ2v) is 5.45. The van der Waals surface area contributed by atoms with Gasteiger partial charge in [0.2, 0.25) is 5.91 Å². The van der Waals surface area contributed by atoms with Crippen LogP contribution in [0.5, 0.6) is 0 Å². The average molecular weight is 308 g/mol. The van der Waals surface area contributed by atoms with E-state index in [1.165, 1.54) is 0 Å². The van der Waals surface area contributed by atoms with Gasteiger partial charge in [-0.05, 0) is 18.1 Å². The number of aliphatic carboxylic acids is 1. The Morgan fingerprint density at radius 2 is 2.10 bits per heavy atom. The van der Waals surface area contributed by atoms with Gasteiger partial charge in [-0.15, -0.1) is 0 Å². The zero-order valence-corrected chi connectivity index (χ0v) is 12.5. The summed E-state index contributed by atoms with van der Waals surface area (Å²) in [5.41, 5.74) is 1.93. The Kier molecular flexibility index (Phi) is 4.81. The van der Waals surface area contributed by atoms with E-state index in [-0.39, 0.29) is 18.4 Å². The highest BCUT2D eigenvalue weighted by Crippen LogP contribution is 2.20. The van der Waals surface area contributed by atoms with Crippen molar-refractivity contribution >= 4 is 40.3 Å². The summed E-state index contributed by atoms with van der Waals surface area (Å²) < 4.78 is 8.22. The molecule has 1 aromatic carbocycles. The number of carbonyl (C=O) groups is 2. The largest absolute Gasteiger partial charge is 0.480 e. The van der Waals surface area contributed by atoms with Gasteiger partial charge in [0, 0.05) is 0 Å². The van der Waals surface area contributed by atoms with E-state index in [0.717, 1.165) is 17.2 Å². The molecule has 1 aromatic heterocycles. The number of nitrogens with one attached hydrogen (secondary N) is 2. The Bertz CT molecular complexity index is 656. The highest BCUT2D eigenvalue weighted by atomic mass is 32.1. The minimum absolute atomic E-state index is 0.0803. The van der Waals surface area contributed by atoms with Crippen LogP contribution >= 0.6 is 11.7 Å². The SMILES string of the molecule is CC(C)C(NCC(=O)Nc1cccc2nsnc12)C(=O)O. The molecule has 21 heavy (non-hydrogen) atoms. The highest BCUT2D eigenvalue weighted by molar-refractivity contribution is 7.00. The Hall–Kier alpha value is -2.06. The van der Waals surface area contributed by atoms with Crippen molar-refractivity contribution in [1.29, 1.82) is 0 Å². The van der Waals surface area contributed by atoms with Gasteiger partial charge in [0.1, 0.15) is 17.1 Å². The number of anilines is 1. The Morgan fingerprint density at radius 3 is 2.76 bits per heavy atom. The zero-order chi connectivity index (χ0) is 15.4. The quantitative estimate of drug-likeness (QED) is 0.743. The molecule has 0 aliphatic rings. The van der Waals surface area contributed by atoms with Crippen LogP contribution in [0.2, 0.25) is 0 Å². The van der Waals surface area contributed by atoms with Crippen molar-refractivity contribution in [1.82, 2.24) is 14.1 Å². The maximum absolute atomic E-state index is 11.9. The summed E-state index contributed by atoms with van der Waals surface area (Å²) in [5, 5.41) is 14.5. The summed E-state index contributed by atoms with van der Waals surface area (Å²) in [4.78, 5) is 23.0. The normalized spacial score (nSPS) is 12.5. The lowest BCUT2D eigenvalue weighted by Gasteiger charge is -2.17. The molecule has 1 heterocycles. The second kappa shape index (κ2) is 6.59. The number of benzene rings is 1. The fourth-order valence-corrected chi connectivity index (χ4v) is 2.46. The number of carbonyl (C=O) groups excluding carboxylic acids is 1. The fourth-order valence-electron chi connectivity index (χ4n) is 1.91. The minimum Gasteiger partial charge on any atom is -0.480 e. The van der Waals surface area contributed by atoms with Crippen LogP contribution in [0.25, 0.3) is 11.0 Å². The summed E-state index contributed by atoms with van der Waals surface area (Å²) >= 11 is 1.08. The number of rotatable bonds is 6. The van der Waals surface area contributed by atoms with Gasteiger partial charge >= 0.3 is 5.97 Å². The number of hydrogen-bond donors (Lipinski definition) is 3. The van der Waals surface area contributed by atoms with E-state index >= 15 is 0 Å². The Labute approximate surface area is 125 Å². The molecule has 0 spiro atoms. The molecule has 0 bridgehead atoms. The monoisotopic (exact) mass is 308 g/mol. The van der Waals surface area contributed by atoms with Gasteiger partial charge in [0.05, 0.1) is 24.0 Å². The van der Waals surface area contributed by atoms with Crippen LogP contribution in [0.4, 0.5) is 5.69 Å². The first-order valence-corrected chi connectivity index (χ1v) is 7.19. The number of fused-ring (bicyclic) bond motifs is 1. The third kappa shape index (κ3) is 3.73. The van der Waals surface area contributed by atoms with Gasteiger partial charge in [-0.3, -0.25) is 14.9 Å². The third-order valence-corrected chi connectivity index (χ3v) is 3.52. The van der Waals surface area contributed by atoms with E-state index in [4.69, 9.17) is 5.11 Å². The van der Waals surface area contributed by atoms with E-state index in [1.54, 1.807) is 26.0 Å². The van der Waals surface area contributed by atoms with Crippen LogP contribution in [0.15, 0.2) is 18.2 Å². The molecule has 2 rings (SSSR count).